The van der Waals surface area contributed by atoms with Crippen molar-refractivity contribution in [2.75, 3.05) is 0 Å². The van der Waals surface area contributed by atoms with E-state index in [4.69, 9.17) is 4.42 Å². The van der Waals surface area contributed by atoms with E-state index in [1.165, 1.54) is 109 Å². The van der Waals surface area contributed by atoms with Crippen LogP contribution in [-0.4, -0.2) is 0 Å². The zero-order chi connectivity index (χ0) is 34.4. The third-order valence-electron chi connectivity index (χ3n) is 14.4. The highest BCUT2D eigenvalue weighted by Crippen LogP contribution is 2.70. The van der Waals surface area contributed by atoms with Gasteiger partial charge in [-0.3, -0.25) is 0 Å². The van der Waals surface area contributed by atoms with Crippen molar-refractivity contribution in [3.63, 3.8) is 0 Å². The van der Waals surface area contributed by atoms with Crippen LogP contribution in [-0.2, 0) is 5.41 Å². The molecule has 0 radical (unpaired) electrons. The number of hydrogen-bond acceptors (Lipinski definition) is 1. The molecule has 53 heavy (non-hydrogen) atoms. The SMILES string of the molecule is c1ccc2c(c1)-c1c(cc3ccccc3c1-c1c3ccccc3c(-c3ccc4oc5ccccc5c4c3)c3ccccc13)C21C2CC3CC(C2)CC1C3. The van der Waals surface area contributed by atoms with Gasteiger partial charge in [0.15, 0.2) is 0 Å². The minimum absolute atomic E-state index is 0.104. The standard InChI is InChI=1S/C52H38O/c1-2-12-36-32(11-1)29-45-50(42-18-7-9-19-44(42)52(45)34-24-30-23-31(26-34)27-35(52)25-30)51(36)49-40-16-5-3-14-38(40)48(39-15-4-6-17-41(39)49)33-21-22-47-43(28-33)37-13-8-10-20-46(37)53-47/h1-22,28-31,34-35H,23-27H2. The van der Waals surface area contributed by atoms with Crippen LogP contribution in [0.3, 0.4) is 0 Å². The molecule has 0 aliphatic heterocycles. The lowest BCUT2D eigenvalue weighted by atomic mass is 9.43. The number of fused-ring (bicyclic) bond motifs is 9. The number of rotatable bonds is 2. The number of para-hydroxylation sites is 1. The first-order valence-electron chi connectivity index (χ1n) is 19.8. The van der Waals surface area contributed by atoms with Gasteiger partial charge in [-0.25, -0.2) is 0 Å². The highest BCUT2D eigenvalue weighted by atomic mass is 16.3. The topological polar surface area (TPSA) is 13.1 Å². The van der Waals surface area contributed by atoms with Gasteiger partial charge in [-0.1, -0.05) is 121 Å². The lowest BCUT2D eigenvalue weighted by Crippen LogP contribution is -2.55. The van der Waals surface area contributed by atoms with Crippen LogP contribution in [0.15, 0.2) is 150 Å². The van der Waals surface area contributed by atoms with Crippen LogP contribution in [0.1, 0.15) is 43.2 Å². The molecule has 4 bridgehead atoms. The Balaban J connectivity index is 1.17. The molecule has 1 nitrogen and oxygen atoms in total. The van der Waals surface area contributed by atoms with Gasteiger partial charge in [0.05, 0.1) is 0 Å². The molecule has 4 saturated carbocycles. The summed E-state index contributed by atoms with van der Waals surface area (Å²) >= 11 is 0. The molecule has 252 valence electrons. The molecule has 1 heterocycles. The van der Waals surface area contributed by atoms with Crippen molar-refractivity contribution >= 4 is 54.3 Å². The van der Waals surface area contributed by atoms with Crippen molar-refractivity contribution in [1.82, 2.24) is 0 Å². The maximum Gasteiger partial charge on any atom is 0.135 e. The molecule has 0 N–H and O–H groups in total. The summed E-state index contributed by atoms with van der Waals surface area (Å²) in [6.07, 6.45) is 7.02. The summed E-state index contributed by atoms with van der Waals surface area (Å²) in [5.41, 5.74) is 13.5. The fraction of sp³-hybridized carbons (Fsp3) is 0.192. The third kappa shape index (κ3) is 3.63. The average molecular weight is 679 g/mol. The van der Waals surface area contributed by atoms with Crippen LogP contribution in [0.5, 0.6) is 0 Å². The van der Waals surface area contributed by atoms with Gasteiger partial charge in [0, 0.05) is 16.2 Å². The Kier molecular flexibility index (Phi) is 5.59. The van der Waals surface area contributed by atoms with Crippen LogP contribution in [0, 0.1) is 23.7 Å². The van der Waals surface area contributed by atoms with Gasteiger partial charge in [-0.15, -0.1) is 0 Å². The number of furan rings is 1. The first-order chi connectivity index (χ1) is 26.3. The van der Waals surface area contributed by atoms with E-state index in [1.807, 2.05) is 0 Å². The summed E-state index contributed by atoms with van der Waals surface area (Å²) in [4.78, 5) is 0. The number of hydrogen-bond donors (Lipinski definition) is 0. The van der Waals surface area contributed by atoms with Gasteiger partial charge >= 0.3 is 0 Å². The lowest BCUT2D eigenvalue weighted by molar-refractivity contribution is -0.0398. The zero-order valence-corrected chi connectivity index (χ0v) is 29.6. The first kappa shape index (κ1) is 28.9. The molecule has 0 unspecified atom stereocenters. The largest absolute Gasteiger partial charge is 0.456 e. The minimum Gasteiger partial charge on any atom is -0.456 e. The maximum atomic E-state index is 6.29. The van der Waals surface area contributed by atoms with E-state index >= 15 is 0 Å². The summed E-state index contributed by atoms with van der Waals surface area (Å²) in [6.45, 7) is 0. The Morgan fingerprint density at radius 1 is 0.396 bits per heavy atom. The molecule has 0 atom stereocenters. The third-order valence-corrected chi connectivity index (χ3v) is 14.4. The van der Waals surface area contributed by atoms with Gasteiger partial charge in [0.25, 0.3) is 0 Å². The molecule has 0 saturated heterocycles. The molecule has 1 spiro atoms. The summed E-state index contributed by atoms with van der Waals surface area (Å²) in [7, 11) is 0. The molecule has 9 aromatic rings. The van der Waals surface area contributed by atoms with Gasteiger partial charge in [0.1, 0.15) is 11.2 Å². The second kappa shape index (κ2) is 10.3. The van der Waals surface area contributed by atoms with E-state index in [-0.39, 0.29) is 5.41 Å². The van der Waals surface area contributed by atoms with Crippen LogP contribution in [0.2, 0.25) is 0 Å². The lowest BCUT2D eigenvalue weighted by Gasteiger charge is -2.61. The monoisotopic (exact) mass is 678 g/mol. The molecular weight excluding hydrogens is 641 g/mol. The predicted molar refractivity (Wildman–Crippen MR) is 220 cm³/mol. The fourth-order valence-electron chi connectivity index (χ4n) is 12.8. The van der Waals surface area contributed by atoms with Crippen molar-refractivity contribution in [2.24, 2.45) is 23.7 Å². The van der Waals surface area contributed by atoms with E-state index < -0.39 is 0 Å². The van der Waals surface area contributed by atoms with Gasteiger partial charge in [0.2, 0.25) is 0 Å². The Morgan fingerprint density at radius 2 is 0.962 bits per heavy atom. The van der Waals surface area contributed by atoms with Crippen LogP contribution in [0.25, 0.3) is 87.6 Å². The summed E-state index contributed by atoms with van der Waals surface area (Å²) in [5.74, 6) is 3.28. The van der Waals surface area contributed by atoms with Crippen LogP contribution in [0.4, 0.5) is 0 Å². The van der Waals surface area contributed by atoms with Crippen molar-refractivity contribution in [3.05, 3.63) is 157 Å². The molecule has 5 aliphatic rings. The Morgan fingerprint density at radius 3 is 1.68 bits per heavy atom. The smallest absolute Gasteiger partial charge is 0.135 e. The second-order valence-corrected chi connectivity index (χ2v) is 16.8. The van der Waals surface area contributed by atoms with E-state index in [0.717, 1.165) is 34.8 Å². The quantitative estimate of drug-likeness (QED) is 0.166. The summed E-state index contributed by atoms with van der Waals surface area (Å²) in [6, 6.07) is 55.2. The Labute approximate surface area is 308 Å². The molecule has 5 aliphatic carbocycles. The zero-order valence-electron chi connectivity index (χ0n) is 29.6. The van der Waals surface area contributed by atoms with Crippen molar-refractivity contribution in [2.45, 2.75) is 37.5 Å². The van der Waals surface area contributed by atoms with E-state index in [9.17, 15) is 0 Å². The first-order valence-corrected chi connectivity index (χ1v) is 19.8. The van der Waals surface area contributed by atoms with Gasteiger partial charge in [-0.2, -0.15) is 0 Å². The highest BCUT2D eigenvalue weighted by Gasteiger charge is 2.62. The summed E-state index contributed by atoms with van der Waals surface area (Å²) in [5, 5.41) is 10.3. The average Bonchev–Trinajstić information content (AvgIpc) is 3.71. The maximum absolute atomic E-state index is 6.29. The molecule has 14 rings (SSSR count). The normalized spacial score (nSPS) is 23.9. The van der Waals surface area contributed by atoms with E-state index in [1.54, 1.807) is 11.1 Å². The number of benzene rings is 8. The molecule has 4 fully saturated rings. The Bertz CT molecular complexity index is 2940. The molecular formula is C52H38O. The Hall–Kier alpha value is -5.66. The van der Waals surface area contributed by atoms with Crippen LogP contribution >= 0.6 is 0 Å². The second-order valence-electron chi connectivity index (χ2n) is 16.8. The van der Waals surface area contributed by atoms with Crippen LogP contribution < -0.4 is 0 Å². The van der Waals surface area contributed by atoms with Crippen molar-refractivity contribution < 1.29 is 4.42 Å². The molecule has 8 aromatic carbocycles. The highest BCUT2D eigenvalue weighted by molar-refractivity contribution is 6.26. The summed E-state index contributed by atoms with van der Waals surface area (Å²) < 4.78 is 6.29. The van der Waals surface area contributed by atoms with Crippen molar-refractivity contribution in [1.29, 1.82) is 0 Å². The molecule has 1 aromatic heterocycles. The predicted octanol–water partition coefficient (Wildman–Crippen LogP) is 14.1. The van der Waals surface area contributed by atoms with Gasteiger partial charge < -0.3 is 4.42 Å². The molecule has 1 heteroatoms. The van der Waals surface area contributed by atoms with E-state index in [0.29, 0.717) is 0 Å². The minimum atomic E-state index is 0.104. The van der Waals surface area contributed by atoms with Gasteiger partial charge in [-0.05, 0) is 157 Å². The van der Waals surface area contributed by atoms with E-state index in [2.05, 4.69) is 146 Å². The van der Waals surface area contributed by atoms with Crippen molar-refractivity contribution in [3.8, 4) is 33.4 Å². The fourth-order valence-corrected chi connectivity index (χ4v) is 12.8. The molecule has 0 amide bonds.